The van der Waals surface area contributed by atoms with Gasteiger partial charge < -0.3 is 9.64 Å². The first-order valence-corrected chi connectivity index (χ1v) is 6.60. The highest BCUT2D eigenvalue weighted by Crippen LogP contribution is 2.37. The summed E-state index contributed by atoms with van der Waals surface area (Å²) in [7, 11) is 1.59. The fourth-order valence-corrected chi connectivity index (χ4v) is 2.67. The van der Waals surface area contributed by atoms with Crippen LogP contribution in [0.2, 0.25) is 0 Å². The van der Waals surface area contributed by atoms with Crippen LogP contribution in [0.4, 0.5) is 0 Å². The van der Waals surface area contributed by atoms with E-state index in [1.165, 1.54) is 0 Å². The molecule has 0 radical (unpaired) electrons. The molecule has 1 heterocycles. The van der Waals surface area contributed by atoms with Gasteiger partial charge in [0.25, 0.3) is 0 Å². The lowest BCUT2D eigenvalue weighted by Gasteiger charge is -2.38. The van der Waals surface area contributed by atoms with Gasteiger partial charge in [-0.3, -0.25) is 4.79 Å². The molecule has 0 fully saturated rings. The second-order valence-electron chi connectivity index (χ2n) is 4.88. The Morgan fingerprint density at radius 1 is 1.35 bits per heavy atom. The zero-order valence-electron chi connectivity index (χ0n) is 11.8. The average molecular weight is 270 g/mol. The maximum atomic E-state index is 12.2. The third kappa shape index (κ3) is 2.45. The number of nitriles is 1. The monoisotopic (exact) mass is 270 g/mol. The molecule has 20 heavy (non-hydrogen) atoms. The zero-order valence-corrected chi connectivity index (χ0v) is 11.8. The van der Waals surface area contributed by atoms with Gasteiger partial charge in [0.1, 0.15) is 0 Å². The van der Waals surface area contributed by atoms with Crippen molar-refractivity contribution in [2.75, 3.05) is 7.11 Å². The fourth-order valence-electron chi connectivity index (χ4n) is 2.67. The second-order valence-corrected chi connectivity index (χ2v) is 4.88. The number of amides is 1. The topological polar surface area (TPSA) is 53.3 Å². The summed E-state index contributed by atoms with van der Waals surface area (Å²) in [6, 6.07) is 11.9. The highest BCUT2D eigenvalue weighted by molar-refractivity contribution is 5.92. The van der Waals surface area contributed by atoms with Crippen molar-refractivity contribution in [2.45, 2.75) is 32.0 Å². The van der Waals surface area contributed by atoms with Crippen LogP contribution in [0.3, 0.4) is 0 Å². The third-order valence-electron chi connectivity index (χ3n) is 3.76. The quantitative estimate of drug-likeness (QED) is 0.826. The minimum atomic E-state index is -0.789. The number of methoxy groups -OCH3 is 1. The van der Waals surface area contributed by atoms with Gasteiger partial charge >= 0.3 is 0 Å². The van der Waals surface area contributed by atoms with Crippen LogP contribution >= 0.6 is 0 Å². The number of nitrogens with zero attached hydrogens (tertiary/aromatic N) is 2. The lowest BCUT2D eigenvalue weighted by molar-refractivity contribution is -0.151. The number of rotatable bonds is 5. The van der Waals surface area contributed by atoms with Crippen molar-refractivity contribution in [1.29, 1.82) is 5.26 Å². The summed E-state index contributed by atoms with van der Waals surface area (Å²) in [6.45, 7) is 2.36. The molecule has 1 aromatic carbocycles. The Kier molecular flexibility index (Phi) is 4.21. The highest BCUT2D eigenvalue weighted by atomic mass is 16.5. The van der Waals surface area contributed by atoms with Crippen molar-refractivity contribution >= 4 is 5.91 Å². The molecule has 1 aliphatic heterocycles. The summed E-state index contributed by atoms with van der Waals surface area (Å²) in [5.74, 6) is -0.0638. The van der Waals surface area contributed by atoms with Crippen LogP contribution in [-0.4, -0.2) is 23.6 Å². The van der Waals surface area contributed by atoms with Gasteiger partial charge in [0.15, 0.2) is 5.72 Å². The predicted molar refractivity (Wildman–Crippen MR) is 75.3 cm³/mol. The maximum Gasteiger partial charge on any atom is 0.249 e. The number of benzene rings is 1. The Labute approximate surface area is 119 Å². The molecule has 1 unspecified atom stereocenters. The minimum Gasteiger partial charge on any atom is -0.355 e. The van der Waals surface area contributed by atoms with Crippen LogP contribution in [-0.2, 0) is 16.1 Å². The van der Waals surface area contributed by atoms with Gasteiger partial charge in [-0.25, -0.2) is 0 Å². The first-order valence-electron chi connectivity index (χ1n) is 6.60. The SMILES string of the molecule is COC1(CCC#N)C(C)=CC(=O)N1Cc1ccccc1. The van der Waals surface area contributed by atoms with Gasteiger partial charge in [-0.2, -0.15) is 5.26 Å². The van der Waals surface area contributed by atoms with Crippen LogP contribution in [0.15, 0.2) is 42.0 Å². The maximum absolute atomic E-state index is 12.2. The summed E-state index contributed by atoms with van der Waals surface area (Å²) in [4.78, 5) is 13.9. The van der Waals surface area contributed by atoms with Crippen molar-refractivity contribution in [3.8, 4) is 6.07 Å². The van der Waals surface area contributed by atoms with Crippen molar-refractivity contribution < 1.29 is 9.53 Å². The predicted octanol–water partition coefficient (Wildman–Crippen LogP) is 2.62. The van der Waals surface area contributed by atoms with Crippen LogP contribution < -0.4 is 0 Å². The van der Waals surface area contributed by atoms with Gasteiger partial charge in [-0.1, -0.05) is 30.3 Å². The van der Waals surface area contributed by atoms with Gasteiger partial charge in [-0.05, 0) is 18.1 Å². The largest absolute Gasteiger partial charge is 0.355 e. The van der Waals surface area contributed by atoms with E-state index in [-0.39, 0.29) is 5.91 Å². The molecule has 4 nitrogen and oxygen atoms in total. The number of ether oxygens (including phenoxy) is 1. The van der Waals surface area contributed by atoms with E-state index >= 15 is 0 Å². The molecule has 0 saturated carbocycles. The van der Waals surface area contributed by atoms with Gasteiger partial charge in [-0.15, -0.1) is 0 Å². The number of carbonyl (C=O) groups excluding carboxylic acids is 1. The molecular weight excluding hydrogens is 252 g/mol. The van der Waals surface area contributed by atoms with Crippen molar-refractivity contribution in [2.24, 2.45) is 0 Å². The summed E-state index contributed by atoms with van der Waals surface area (Å²) in [6.07, 6.45) is 2.43. The Bertz CT molecular complexity index is 560. The first-order chi connectivity index (χ1) is 9.64. The number of hydrogen-bond acceptors (Lipinski definition) is 3. The van der Waals surface area contributed by atoms with E-state index in [0.717, 1.165) is 11.1 Å². The molecule has 104 valence electrons. The molecule has 0 spiro atoms. The average Bonchev–Trinajstić information content (AvgIpc) is 2.70. The minimum absolute atomic E-state index is 0.0638. The second kappa shape index (κ2) is 5.89. The molecule has 1 amide bonds. The van der Waals surface area contributed by atoms with Gasteiger partial charge in [0, 0.05) is 32.6 Å². The van der Waals surface area contributed by atoms with Crippen LogP contribution in [0, 0.1) is 11.3 Å². The van der Waals surface area contributed by atoms with Crippen LogP contribution in [0.5, 0.6) is 0 Å². The van der Waals surface area contributed by atoms with Crippen molar-refractivity contribution in [3.63, 3.8) is 0 Å². The molecule has 0 bridgehead atoms. The highest BCUT2D eigenvalue weighted by Gasteiger charge is 2.45. The fraction of sp³-hybridized carbons (Fsp3) is 0.375. The van der Waals surface area contributed by atoms with Gasteiger partial charge in [0.2, 0.25) is 5.91 Å². The normalized spacial score (nSPS) is 21.8. The Hall–Kier alpha value is -2.12. The van der Waals surface area contributed by atoms with E-state index in [1.807, 2.05) is 37.3 Å². The molecule has 0 saturated heterocycles. The molecule has 2 rings (SSSR count). The Balaban J connectivity index is 2.29. The molecule has 1 aromatic rings. The Morgan fingerprint density at radius 3 is 2.65 bits per heavy atom. The number of hydrogen-bond donors (Lipinski definition) is 0. The van der Waals surface area contributed by atoms with E-state index in [2.05, 4.69) is 6.07 Å². The van der Waals surface area contributed by atoms with E-state index in [4.69, 9.17) is 10.00 Å². The lowest BCUT2D eigenvalue weighted by Crippen LogP contribution is -2.49. The Morgan fingerprint density at radius 2 is 2.05 bits per heavy atom. The number of carbonyl (C=O) groups is 1. The standard InChI is InChI=1S/C16H18N2O2/c1-13-11-15(19)18(12-14-7-4-3-5-8-14)16(13,20-2)9-6-10-17/h3-5,7-8,11H,6,9,12H2,1-2H3. The van der Waals surface area contributed by atoms with Crippen LogP contribution in [0.25, 0.3) is 0 Å². The van der Waals surface area contributed by atoms with Crippen molar-refractivity contribution in [3.05, 3.63) is 47.5 Å². The molecule has 4 heteroatoms. The van der Waals surface area contributed by atoms with Crippen LogP contribution in [0.1, 0.15) is 25.3 Å². The summed E-state index contributed by atoms with van der Waals surface area (Å²) >= 11 is 0. The molecule has 0 aliphatic carbocycles. The van der Waals surface area contributed by atoms with E-state index in [9.17, 15) is 4.79 Å². The van der Waals surface area contributed by atoms with E-state index < -0.39 is 5.72 Å². The summed E-state index contributed by atoms with van der Waals surface area (Å²) < 4.78 is 5.65. The zero-order chi connectivity index (χ0) is 14.6. The third-order valence-corrected chi connectivity index (χ3v) is 3.76. The molecule has 1 aliphatic rings. The first kappa shape index (κ1) is 14.3. The molecule has 0 N–H and O–H groups in total. The summed E-state index contributed by atoms with van der Waals surface area (Å²) in [5.41, 5.74) is 1.11. The van der Waals surface area contributed by atoms with E-state index in [0.29, 0.717) is 19.4 Å². The smallest absolute Gasteiger partial charge is 0.249 e. The van der Waals surface area contributed by atoms with Gasteiger partial charge in [0.05, 0.1) is 6.07 Å². The molecule has 0 aromatic heterocycles. The van der Waals surface area contributed by atoms with Crippen molar-refractivity contribution in [1.82, 2.24) is 4.90 Å². The van der Waals surface area contributed by atoms with E-state index in [1.54, 1.807) is 18.1 Å². The summed E-state index contributed by atoms with van der Waals surface area (Å²) in [5, 5.41) is 8.84. The molecule has 1 atom stereocenters. The lowest BCUT2D eigenvalue weighted by atomic mass is 9.99. The molecular formula is C16H18N2O2.